The van der Waals surface area contributed by atoms with Gasteiger partial charge in [0.25, 0.3) is 0 Å². The molecule has 2 aliphatic heterocycles. The van der Waals surface area contributed by atoms with Crippen molar-refractivity contribution in [2.75, 3.05) is 52.5 Å². The molecule has 3 rings (SSSR count). The topological polar surface area (TPSA) is 33.7 Å². The lowest BCUT2D eigenvalue weighted by Crippen LogP contribution is -2.38. The second-order valence-corrected chi connectivity index (χ2v) is 6.00. The molecule has 4 nitrogen and oxygen atoms in total. The molecule has 0 radical (unpaired) electrons. The van der Waals surface area contributed by atoms with Crippen LogP contribution in [0.3, 0.4) is 0 Å². The summed E-state index contributed by atoms with van der Waals surface area (Å²) in [7, 11) is 0. The van der Waals surface area contributed by atoms with Gasteiger partial charge in [-0.3, -0.25) is 4.90 Å². The maximum Gasteiger partial charge on any atom is 0.122 e. The minimum Gasteiger partial charge on any atom is -0.493 e. The van der Waals surface area contributed by atoms with E-state index < -0.39 is 0 Å². The van der Waals surface area contributed by atoms with Gasteiger partial charge in [-0.1, -0.05) is 18.2 Å². The van der Waals surface area contributed by atoms with Gasteiger partial charge in [0.15, 0.2) is 0 Å². The van der Waals surface area contributed by atoms with Crippen LogP contribution in [0.25, 0.3) is 0 Å². The second-order valence-electron chi connectivity index (χ2n) is 6.00. The first-order chi connectivity index (χ1) is 10.4. The molecule has 0 aliphatic carbocycles. The monoisotopic (exact) mass is 290 g/mol. The van der Waals surface area contributed by atoms with Crippen LogP contribution in [0.5, 0.6) is 5.75 Å². The third kappa shape index (κ3) is 4.43. The van der Waals surface area contributed by atoms with E-state index in [0.29, 0.717) is 5.92 Å². The Morgan fingerprint density at radius 3 is 2.95 bits per heavy atom. The highest BCUT2D eigenvalue weighted by Crippen LogP contribution is 2.26. The van der Waals surface area contributed by atoms with Crippen molar-refractivity contribution in [1.29, 1.82) is 0 Å². The smallest absolute Gasteiger partial charge is 0.122 e. The zero-order valence-electron chi connectivity index (χ0n) is 12.7. The van der Waals surface area contributed by atoms with Crippen LogP contribution >= 0.6 is 0 Å². The van der Waals surface area contributed by atoms with E-state index in [2.05, 4.69) is 28.4 Å². The molecule has 1 unspecified atom stereocenters. The van der Waals surface area contributed by atoms with E-state index in [1.54, 1.807) is 0 Å². The van der Waals surface area contributed by atoms with Crippen LogP contribution in [0, 0.1) is 5.92 Å². The Morgan fingerprint density at radius 1 is 1.19 bits per heavy atom. The van der Waals surface area contributed by atoms with Crippen LogP contribution in [0.15, 0.2) is 24.3 Å². The van der Waals surface area contributed by atoms with Crippen LogP contribution in [0.1, 0.15) is 12.0 Å². The molecule has 1 N–H and O–H groups in total. The lowest BCUT2D eigenvalue weighted by Gasteiger charge is -2.27. The molecule has 0 aromatic heterocycles. The molecule has 0 spiro atoms. The Labute approximate surface area is 127 Å². The highest BCUT2D eigenvalue weighted by molar-refractivity contribution is 5.35. The third-order valence-electron chi connectivity index (χ3n) is 4.32. The van der Waals surface area contributed by atoms with Gasteiger partial charge in [-0.25, -0.2) is 0 Å². The van der Waals surface area contributed by atoms with Crippen LogP contribution in [-0.2, 0) is 11.2 Å². The molecular formula is C17H26N2O2. The Kier molecular flexibility index (Phi) is 5.49. The van der Waals surface area contributed by atoms with Gasteiger partial charge in [0, 0.05) is 25.6 Å². The quantitative estimate of drug-likeness (QED) is 0.806. The van der Waals surface area contributed by atoms with Crippen molar-refractivity contribution in [3.63, 3.8) is 0 Å². The molecule has 1 atom stereocenters. The van der Waals surface area contributed by atoms with Crippen molar-refractivity contribution in [2.24, 2.45) is 5.92 Å². The molecule has 116 valence electrons. The van der Waals surface area contributed by atoms with E-state index >= 15 is 0 Å². The van der Waals surface area contributed by atoms with Gasteiger partial charge in [0.1, 0.15) is 5.75 Å². The average Bonchev–Trinajstić information content (AvgIpc) is 2.55. The molecule has 4 heteroatoms. The van der Waals surface area contributed by atoms with E-state index in [1.807, 2.05) is 6.07 Å². The molecule has 1 aromatic rings. The van der Waals surface area contributed by atoms with E-state index in [0.717, 1.165) is 58.2 Å². The fourth-order valence-corrected chi connectivity index (χ4v) is 3.08. The third-order valence-corrected chi connectivity index (χ3v) is 4.32. The van der Waals surface area contributed by atoms with Gasteiger partial charge >= 0.3 is 0 Å². The minimum atomic E-state index is 0.600. The van der Waals surface area contributed by atoms with Crippen LogP contribution < -0.4 is 10.1 Å². The highest BCUT2D eigenvalue weighted by Gasteiger charge is 2.18. The number of rotatable bonds is 6. The highest BCUT2D eigenvalue weighted by atomic mass is 16.5. The van der Waals surface area contributed by atoms with Gasteiger partial charge in [-0.15, -0.1) is 0 Å². The molecule has 21 heavy (non-hydrogen) atoms. The fraction of sp³-hybridized carbons (Fsp3) is 0.647. The molecule has 2 heterocycles. The van der Waals surface area contributed by atoms with Gasteiger partial charge in [-0.05, 0) is 37.6 Å². The number of morpholine rings is 1. The predicted octanol–water partition coefficient (Wildman–Crippen LogP) is 1.55. The number of ether oxygens (including phenoxy) is 2. The molecule has 1 saturated heterocycles. The summed E-state index contributed by atoms with van der Waals surface area (Å²) in [6.07, 6.45) is 2.34. The largest absolute Gasteiger partial charge is 0.493 e. The molecular weight excluding hydrogens is 264 g/mol. The van der Waals surface area contributed by atoms with Crippen molar-refractivity contribution in [1.82, 2.24) is 10.2 Å². The Bertz CT molecular complexity index is 433. The Balaban J connectivity index is 1.30. The van der Waals surface area contributed by atoms with E-state index in [-0.39, 0.29) is 0 Å². The summed E-state index contributed by atoms with van der Waals surface area (Å²) in [5.41, 5.74) is 1.35. The first-order valence-corrected chi connectivity index (χ1v) is 8.13. The van der Waals surface area contributed by atoms with Crippen molar-refractivity contribution < 1.29 is 9.47 Å². The average molecular weight is 290 g/mol. The van der Waals surface area contributed by atoms with Crippen molar-refractivity contribution in [3.8, 4) is 5.75 Å². The van der Waals surface area contributed by atoms with Crippen molar-refractivity contribution in [2.45, 2.75) is 12.8 Å². The number of nitrogens with zero attached hydrogens (tertiary/aromatic N) is 1. The molecule has 1 aromatic carbocycles. The standard InChI is InChI=1S/C17H26N2O2/c1-2-5-17-16(4-1)12-15(14-21-17)13-18-6-3-7-19-8-10-20-11-9-19/h1-2,4-5,15,18H,3,6-14H2. The second kappa shape index (κ2) is 7.78. The molecule has 0 saturated carbocycles. The lowest BCUT2D eigenvalue weighted by atomic mass is 9.97. The maximum atomic E-state index is 5.83. The zero-order chi connectivity index (χ0) is 14.3. The summed E-state index contributed by atoms with van der Waals surface area (Å²) < 4.78 is 11.2. The minimum absolute atomic E-state index is 0.600. The Morgan fingerprint density at radius 2 is 2.05 bits per heavy atom. The summed E-state index contributed by atoms with van der Waals surface area (Å²) in [6.45, 7) is 8.14. The van der Waals surface area contributed by atoms with Crippen molar-refractivity contribution >= 4 is 0 Å². The number of hydrogen-bond acceptors (Lipinski definition) is 4. The molecule has 0 bridgehead atoms. The number of nitrogens with one attached hydrogen (secondary N) is 1. The van der Waals surface area contributed by atoms with Crippen LogP contribution in [-0.4, -0.2) is 57.4 Å². The number of hydrogen-bond donors (Lipinski definition) is 1. The van der Waals surface area contributed by atoms with E-state index in [4.69, 9.17) is 9.47 Å². The fourth-order valence-electron chi connectivity index (χ4n) is 3.08. The first-order valence-electron chi connectivity index (χ1n) is 8.13. The van der Waals surface area contributed by atoms with Crippen LogP contribution in [0.4, 0.5) is 0 Å². The summed E-state index contributed by atoms with van der Waals surface area (Å²) in [5.74, 6) is 1.67. The van der Waals surface area contributed by atoms with E-state index in [1.165, 1.54) is 18.5 Å². The predicted molar refractivity (Wildman–Crippen MR) is 83.9 cm³/mol. The van der Waals surface area contributed by atoms with Gasteiger partial charge < -0.3 is 14.8 Å². The van der Waals surface area contributed by atoms with Gasteiger partial charge in [0.2, 0.25) is 0 Å². The first kappa shape index (κ1) is 14.8. The summed E-state index contributed by atoms with van der Waals surface area (Å²) in [5, 5.41) is 3.59. The molecule has 1 fully saturated rings. The summed E-state index contributed by atoms with van der Waals surface area (Å²) in [6, 6.07) is 8.39. The SMILES string of the molecule is c1ccc2c(c1)CC(CNCCCN1CCOCC1)CO2. The van der Waals surface area contributed by atoms with Gasteiger partial charge in [-0.2, -0.15) is 0 Å². The molecule has 0 amide bonds. The number of benzene rings is 1. The molecule has 2 aliphatic rings. The van der Waals surface area contributed by atoms with Gasteiger partial charge in [0.05, 0.1) is 19.8 Å². The normalized spacial score (nSPS) is 22.6. The number of para-hydroxylation sites is 1. The summed E-state index contributed by atoms with van der Waals surface area (Å²) in [4.78, 5) is 2.49. The maximum absolute atomic E-state index is 5.83. The summed E-state index contributed by atoms with van der Waals surface area (Å²) >= 11 is 0. The lowest BCUT2D eigenvalue weighted by molar-refractivity contribution is 0.0374. The van der Waals surface area contributed by atoms with Crippen molar-refractivity contribution in [3.05, 3.63) is 29.8 Å². The zero-order valence-corrected chi connectivity index (χ0v) is 12.7. The van der Waals surface area contributed by atoms with E-state index in [9.17, 15) is 0 Å². The number of fused-ring (bicyclic) bond motifs is 1. The Hall–Kier alpha value is -1.10. The van der Waals surface area contributed by atoms with Crippen LogP contribution in [0.2, 0.25) is 0 Å².